The van der Waals surface area contributed by atoms with Crippen LogP contribution in [-0.4, -0.2) is 35.5 Å². The maximum atomic E-state index is 8.60. The largest absolute Gasteiger partial charge is 0.396 e. The van der Waals surface area contributed by atoms with Crippen LogP contribution in [0.5, 0.6) is 0 Å². The predicted molar refractivity (Wildman–Crippen MR) is 40.9 cm³/mol. The molecule has 0 bridgehead atoms. The first-order chi connectivity index (χ1) is 4.62. The molecular weight excluding hydrogens is 130 g/mol. The molecule has 0 aromatic rings. The minimum absolute atomic E-state index is 0.0581. The number of hydrogen-bond donors (Lipinski definition) is 3. The predicted octanol–water partition coefficient (Wildman–Crippen LogP) is -0.271. The fourth-order valence-corrected chi connectivity index (χ4v) is 0.762. The molecule has 3 N–H and O–H groups in total. The Morgan fingerprint density at radius 1 is 1.20 bits per heavy atom. The molecule has 0 aromatic heterocycles. The molecule has 3 nitrogen and oxygen atoms in total. The van der Waals surface area contributed by atoms with Gasteiger partial charge in [-0.1, -0.05) is 0 Å². The molecule has 0 atom stereocenters. The van der Waals surface area contributed by atoms with Crippen LogP contribution in [-0.2, 0) is 0 Å². The summed E-state index contributed by atoms with van der Waals surface area (Å²) in [7, 11) is 0. The van der Waals surface area contributed by atoms with E-state index in [0.29, 0.717) is 13.0 Å². The summed E-state index contributed by atoms with van der Waals surface area (Å²) in [6.45, 7) is 4.92. The maximum absolute atomic E-state index is 8.60. The monoisotopic (exact) mass is 147 g/mol. The number of aliphatic hydroxyl groups is 2. The van der Waals surface area contributed by atoms with Gasteiger partial charge in [0.15, 0.2) is 0 Å². The van der Waals surface area contributed by atoms with Crippen LogP contribution < -0.4 is 5.32 Å². The maximum Gasteiger partial charge on any atom is 0.0556 e. The molecule has 0 aliphatic carbocycles. The molecule has 0 spiro atoms. The molecule has 0 aromatic carbocycles. The molecule has 0 amide bonds. The third-order valence-electron chi connectivity index (χ3n) is 1.45. The van der Waals surface area contributed by atoms with E-state index in [-0.39, 0.29) is 18.8 Å². The molecule has 3 heteroatoms. The Labute approximate surface area is 62.1 Å². The molecule has 0 saturated heterocycles. The van der Waals surface area contributed by atoms with Crippen molar-refractivity contribution in [2.45, 2.75) is 25.8 Å². The standard InChI is InChI=1S/C7H17NO2/c1-7(2,3-5-9)8-4-6-10/h8-10H,3-6H2,1-2H3. The van der Waals surface area contributed by atoms with Gasteiger partial charge in [-0.25, -0.2) is 0 Å². The summed E-state index contributed by atoms with van der Waals surface area (Å²) in [4.78, 5) is 0. The molecule has 62 valence electrons. The Morgan fingerprint density at radius 2 is 1.80 bits per heavy atom. The number of hydrogen-bond acceptors (Lipinski definition) is 3. The Hall–Kier alpha value is -0.120. The van der Waals surface area contributed by atoms with Gasteiger partial charge >= 0.3 is 0 Å². The summed E-state index contributed by atoms with van der Waals surface area (Å²) in [6, 6.07) is 0. The Balaban J connectivity index is 3.42. The number of rotatable bonds is 5. The normalized spacial score (nSPS) is 12.0. The van der Waals surface area contributed by atoms with Crippen molar-refractivity contribution in [1.29, 1.82) is 0 Å². The third-order valence-corrected chi connectivity index (χ3v) is 1.45. The molecule has 0 heterocycles. The number of β-amino-alcohol motifs (C(OH)–C–C–N with tert-alkyl or cyclic N) is 1. The fraction of sp³-hybridized carbons (Fsp3) is 1.00. The summed E-state index contributed by atoms with van der Waals surface area (Å²) in [5.41, 5.74) is -0.0581. The van der Waals surface area contributed by atoms with Crippen molar-refractivity contribution in [3.8, 4) is 0 Å². The van der Waals surface area contributed by atoms with E-state index in [9.17, 15) is 0 Å². The summed E-state index contributed by atoms with van der Waals surface area (Å²) < 4.78 is 0. The van der Waals surface area contributed by atoms with E-state index < -0.39 is 0 Å². The Kier molecular flexibility index (Phi) is 4.60. The van der Waals surface area contributed by atoms with Gasteiger partial charge in [-0.05, 0) is 20.3 Å². The highest BCUT2D eigenvalue weighted by Crippen LogP contribution is 2.05. The van der Waals surface area contributed by atoms with Crippen LogP contribution in [0.25, 0.3) is 0 Å². The van der Waals surface area contributed by atoms with Crippen LogP contribution in [0.15, 0.2) is 0 Å². The lowest BCUT2D eigenvalue weighted by Gasteiger charge is -2.24. The molecule has 0 fully saturated rings. The van der Waals surface area contributed by atoms with Crippen LogP contribution in [0, 0.1) is 0 Å². The van der Waals surface area contributed by atoms with Gasteiger partial charge in [0, 0.05) is 18.7 Å². The topological polar surface area (TPSA) is 52.5 Å². The first-order valence-electron chi connectivity index (χ1n) is 3.59. The fourth-order valence-electron chi connectivity index (χ4n) is 0.762. The first-order valence-corrected chi connectivity index (χ1v) is 3.59. The highest BCUT2D eigenvalue weighted by atomic mass is 16.3. The highest BCUT2D eigenvalue weighted by Gasteiger charge is 2.14. The van der Waals surface area contributed by atoms with Crippen LogP contribution in [0.2, 0.25) is 0 Å². The summed E-state index contributed by atoms with van der Waals surface area (Å²) in [6.07, 6.45) is 0.715. The van der Waals surface area contributed by atoms with Crippen LogP contribution in [0.3, 0.4) is 0 Å². The molecule has 0 radical (unpaired) electrons. The van der Waals surface area contributed by atoms with Gasteiger partial charge < -0.3 is 15.5 Å². The average Bonchev–Trinajstić information content (AvgIpc) is 1.84. The van der Waals surface area contributed by atoms with E-state index in [1.165, 1.54) is 0 Å². The average molecular weight is 147 g/mol. The lowest BCUT2D eigenvalue weighted by Crippen LogP contribution is -2.41. The smallest absolute Gasteiger partial charge is 0.0556 e. The zero-order chi connectivity index (χ0) is 8.04. The minimum Gasteiger partial charge on any atom is -0.396 e. The second kappa shape index (κ2) is 4.66. The van der Waals surface area contributed by atoms with Gasteiger partial charge in [0.2, 0.25) is 0 Å². The minimum atomic E-state index is -0.0581. The lowest BCUT2D eigenvalue weighted by molar-refractivity contribution is 0.215. The molecule has 0 unspecified atom stereocenters. The summed E-state index contributed by atoms with van der Waals surface area (Å²) >= 11 is 0. The van der Waals surface area contributed by atoms with E-state index in [1.807, 2.05) is 13.8 Å². The van der Waals surface area contributed by atoms with Crippen molar-refractivity contribution < 1.29 is 10.2 Å². The molecule has 0 rings (SSSR count). The van der Waals surface area contributed by atoms with Gasteiger partial charge in [0.05, 0.1) is 6.61 Å². The lowest BCUT2D eigenvalue weighted by atomic mass is 10.0. The quantitative estimate of drug-likeness (QED) is 0.501. The zero-order valence-electron chi connectivity index (χ0n) is 6.72. The Bertz CT molecular complexity index is 83.7. The molecule has 0 saturated carbocycles. The first kappa shape index (κ1) is 9.88. The summed E-state index contributed by atoms with van der Waals surface area (Å²) in [5.74, 6) is 0. The van der Waals surface area contributed by atoms with E-state index >= 15 is 0 Å². The van der Waals surface area contributed by atoms with Crippen LogP contribution >= 0.6 is 0 Å². The number of aliphatic hydroxyl groups excluding tert-OH is 2. The van der Waals surface area contributed by atoms with E-state index in [0.717, 1.165) is 0 Å². The van der Waals surface area contributed by atoms with Crippen molar-refractivity contribution in [2.75, 3.05) is 19.8 Å². The Morgan fingerprint density at radius 3 is 2.20 bits per heavy atom. The van der Waals surface area contributed by atoms with E-state index in [2.05, 4.69) is 5.32 Å². The molecular formula is C7H17NO2. The summed E-state index contributed by atoms with van der Waals surface area (Å²) in [5, 5.41) is 20.2. The highest BCUT2D eigenvalue weighted by molar-refractivity contribution is 4.75. The number of nitrogens with one attached hydrogen (secondary N) is 1. The van der Waals surface area contributed by atoms with Crippen molar-refractivity contribution in [3.05, 3.63) is 0 Å². The van der Waals surface area contributed by atoms with Gasteiger partial charge in [0.1, 0.15) is 0 Å². The van der Waals surface area contributed by atoms with Gasteiger partial charge in [0.25, 0.3) is 0 Å². The molecule has 0 aliphatic heterocycles. The van der Waals surface area contributed by atoms with Crippen molar-refractivity contribution in [1.82, 2.24) is 5.32 Å². The van der Waals surface area contributed by atoms with Crippen molar-refractivity contribution in [2.24, 2.45) is 0 Å². The van der Waals surface area contributed by atoms with Gasteiger partial charge in [-0.2, -0.15) is 0 Å². The van der Waals surface area contributed by atoms with Crippen molar-refractivity contribution >= 4 is 0 Å². The second-order valence-electron chi connectivity index (χ2n) is 3.01. The molecule has 0 aliphatic rings. The van der Waals surface area contributed by atoms with Crippen LogP contribution in [0.4, 0.5) is 0 Å². The second-order valence-corrected chi connectivity index (χ2v) is 3.01. The van der Waals surface area contributed by atoms with E-state index in [4.69, 9.17) is 10.2 Å². The van der Waals surface area contributed by atoms with E-state index in [1.54, 1.807) is 0 Å². The van der Waals surface area contributed by atoms with Crippen LogP contribution in [0.1, 0.15) is 20.3 Å². The zero-order valence-corrected chi connectivity index (χ0v) is 6.72. The van der Waals surface area contributed by atoms with Gasteiger partial charge in [-0.3, -0.25) is 0 Å². The van der Waals surface area contributed by atoms with Gasteiger partial charge in [-0.15, -0.1) is 0 Å². The molecule has 10 heavy (non-hydrogen) atoms. The van der Waals surface area contributed by atoms with Crippen molar-refractivity contribution in [3.63, 3.8) is 0 Å². The third kappa shape index (κ3) is 4.73. The SMILES string of the molecule is CC(C)(CCO)NCCO.